The number of hydrogen-bond donors (Lipinski definition) is 2. The fourth-order valence-electron chi connectivity index (χ4n) is 2.74. The summed E-state index contributed by atoms with van der Waals surface area (Å²) in [6.45, 7) is 2.15. The van der Waals surface area contributed by atoms with Crippen molar-refractivity contribution in [3.8, 4) is 0 Å². The second-order valence-corrected chi connectivity index (χ2v) is 5.55. The summed E-state index contributed by atoms with van der Waals surface area (Å²) in [5.74, 6) is 0.852. The Bertz CT molecular complexity index is 689. The van der Waals surface area contributed by atoms with Crippen LogP contribution < -0.4 is 5.32 Å². The van der Waals surface area contributed by atoms with Crippen molar-refractivity contribution in [2.24, 2.45) is 0 Å². The molecule has 0 aromatic carbocycles. The molecule has 7 heteroatoms. The summed E-state index contributed by atoms with van der Waals surface area (Å²) in [5, 5.41) is 12.2. The van der Waals surface area contributed by atoms with Crippen LogP contribution >= 0.6 is 0 Å². The SMILES string of the molecule is Cc1ccc(Nc2nccc([C@@H]3CCCN3C(=O)CO)n2)nc1. The quantitative estimate of drug-likeness (QED) is 0.890. The van der Waals surface area contributed by atoms with E-state index in [0.29, 0.717) is 18.3 Å². The molecule has 3 rings (SSSR count). The number of rotatable bonds is 4. The minimum atomic E-state index is -0.472. The van der Waals surface area contributed by atoms with E-state index < -0.39 is 6.61 Å². The molecule has 0 aliphatic carbocycles. The van der Waals surface area contributed by atoms with Crippen LogP contribution in [0.25, 0.3) is 0 Å². The van der Waals surface area contributed by atoms with E-state index in [9.17, 15) is 4.79 Å². The van der Waals surface area contributed by atoms with E-state index in [-0.39, 0.29) is 11.9 Å². The molecule has 1 atom stereocenters. The molecule has 1 aliphatic heterocycles. The van der Waals surface area contributed by atoms with Crippen LogP contribution in [0.3, 0.4) is 0 Å². The first-order valence-corrected chi connectivity index (χ1v) is 7.60. The van der Waals surface area contributed by atoms with Gasteiger partial charge in [-0.25, -0.2) is 15.0 Å². The fourth-order valence-corrected chi connectivity index (χ4v) is 2.74. The van der Waals surface area contributed by atoms with Gasteiger partial charge in [-0.05, 0) is 37.5 Å². The first kappa shape index (κ1) is 15.4. The molecule has 2 aromatic heterocycles. The number of aryl methyl sites for hydroxylation is 1. The lowest BCUT2D eigenvalue weighted by molar-refractivity contribution is -0.135. The van der Waals surface area contributed by atoms with E-state index in [1.807, 2.05) is 19.1 Å². The maximum absolute atomic E-state index is 11.8. The van der Waals surface area contributed by atoms with Crippen molar-refractivity contribution in [1.29, 1.82) is 0 Å². The van der Waals surface area contributed by atoms with Gasteiger partial charge < -0.3 is 15.3 Å². The number of nitrogens with one attached hydrogen (secondary N) is 1. The van der Waals surface area contributed by atoms with Gasteiger partial charge in [0.25, 0.3) is 0 Å². The van der Waals surface area contributed by atoms with Crippen LogP contribution in [0.1, 0.15) is 30.1 Å². The number of likely N-dealkylation sites (tertiary alicyclic amines) is 1. The van der Waals surface area contributed by atoms with Crippen molar-refractivity contribution in [2.75, 3.05) is 18.5 Å². The Labute approximate surface area is 134 Å². The maximum atomic E-state index is 11.8. The molecule has 120 valence electrons. The third kappa shape index (κ3) is 3.45. The van der Waals surface area contributed by atoms with Gasteiger partial charge in [-0.15, -0.1) is 0 Å². The highest BCUT2D eigenvalue weighted by atomic mass is 16.3. The molecule has 1 saturated heterocycles. The molecule has 1 aliphatic rings. The van der Waals surface area contributed by atoms with E-state index in [0.717, 1.165) is 24.1 Å². The van der Waals surface area contributed by atoms with Crippen molar-refractivity contribution in [2.45, 2.75) is 25.8 Å². The molecule has 1 fully saturated rings. The number of anilines is 2. The van der Waals surface area contributed by atoms with Gasteiger partial charge in [-0.1, -0.05) is 6.07 Å². The molecule has 23 heavy (non-hydrogen) atoms. The van der Waals surface area contributed by atoms with Gasteiger partial charge >= 0.3 is 0 Å². The van der Waals surface area contributed by atoms with Crippen molar-refractivity contribution in [3.05, 3.63) is 41.9 Å². The van der Waals surface area contributed by atoms with Crippen LogP contribution in [0.4, 0.5) is 11.8 Å². The summed E-state index contributed by atoms with van der Waals surface area (Å²) in [4.78, 5) is 26.5. The molecule has 2 N–H and O–H groups in total. The summed E-state index contributed by atoms with van der Waals surface area (Å²) in [7, 11) is 0. The van der Waals surface area contributed by atoms with E-state index in [2.05, 4.69) is 20.3 Å². The Balaban J connectivity index is 1.79. The predicted octanol–water partition coefficient (Wildman–Crippen LogP) is 1.58. The lowest BCUT2D eigenvalue weighted by atomic mass is 10.1. The van der Waals surface area contributed by atoms with Crippen molar-refractivity contribution in [1.82, 2.24) is 19.9 Å². The molecule has 0 unspecified atom stereocenters. The molecule has 0 spiro atoms. The molecule has 2 aromatic rings. The number of hydrogen-bond acceptors (Lipinski definition) is 6. The van der Waals surface area contributed by atoms with E-state index >= 15 is 0 Å². The van der Waals surface area contributed by atoms with Crippen LogP contribution in [-0.4, -0.2) is 44.0 Å². The van der Waals surface area contributed by atoms with Gasteiger partial charge in [0.2, 0.25) is 11.9 Å². The average Bonchev–Trinajstić information content (AvgIpc) is 3.06. The molecular formula is C16H19N5O2. The Morgan fingerprint density at radius 1 is 1.39 bits per heavy atom. The topological polar surface area (TPSA) is 91.2 Å². The van der Waals surface area contributed by atoms with Gasteiger partial charge in [0.05, 0.1) is 11.7 Å². The first-order chi connectivity index (χ1) is 11.2. The standard InChI is InChI=1S/C16H19N5O2/c1-11-4-5-14(18-9-11)20-16-17-7-6-12(19-16)13-3-2-8-21(13)15(23)10-22/h4-7,9,13,22H,2-3,8,10H2,1H3,(H,17,18,19,20)/t13-/m0/s1. The number of aromatic nitrogens is 3. The number of aliphatic hydroxyl groups is 1. The number of aliphatic hydroxyl groups excluding tert-OH is 1. The van der Waals surface area contributed by atoms with Gasteiger partial charge in [0.15, 0.2) is 0 Å². The number of pyridine rings is 1. The third-order valence-corrected chi connectivity index (χ3v) is 3.88. The summed E-state index contributed by atoms with van der Waals surface area (Å²) in [6.07, 6.45) is 5.18. The van der Waals surface area contributed by atoms with Crippen LogP contribution in [0.15, 0.2) is 30.6 Å². The number of amides is 1. The summed E-state index contributed by atoms with van der Waals surface area (Å²) >= 11 is 0. The lowest BCUT2D eigenvalue weighted by Gasteiger charge is -2.23. The van der Waals surface area contributed by atoms with Crippen molar-refractivity contribution < 1.29 is 9.90 Å². The highest BCUT2D eigenvalue weighted by Crippen LogP contribution is 2.31. The molecule has 0 saturated carbocycles. The summed E-state index contributed by atoms with van der Waals surface area (Å²) in [5.41, 5.74) is 1.85. The second kappa shape index (κ2) is 6.70. The molecular weight excluding hydrogens is 294 g/mol. The molecule has 1 amide bonds. The molecule has 7 nitrogen and oxygen atoms in total. The van der Waals surface area contributed by atoms with E-state index in [1.165, 1.54) is 0 Å². The van der Waals surface area contributed by atoms with Crippen molar-refractivity contribution >= 4 is 17.7 Å². The average molecular weight is 313 g/mol. The van der Waals surface area contributed by atoms with Gasteiger partial charge in [-0.3, -0.25) is 4.79 Å². The summed E-state index contributed by atoms with van der Waals surface area (Å²) < 4.78 is 0. The highest BCUT2D eigenvalue weighted by Gasteiger charge is 2.30. The Morgan fingerprint density at radius 3 is 3.00 bits per heavy atom. The normalized spacial score (nSPS) is 17.3. The zero-order chi connectivity index (χ0) is 16.2. The molecule has 0 bridgehead atoms. The minimum Gasteiger partial charge on any atom is -0.387 e. The second-order valence-electron chi connectivity index (χ2n) is 5.55. The largest absolute Gasteiger partial charge is 0.387 e. The van der Waals surface area contributed by atoms with Gasteiger partial charge in [0.1, 0.15) is 12.4 Å². The first-order valence-electron chi connectivity index (χ1n) is 7.60. The fraction of sp³-hybridized carbons (Fsp3) is 0.375. The van der Waals surface area contributed by atoms with E-state index in [4.69, 9.17) is 5.11 Å². The van der Waals surface area contributed by atoms with Crippen LogP contribution in [-0.2, 0) is 4.79 Å². The Hall–Kier alpha value is -2.54. The maximum Gasteiger partial charge on any atom is 0.248 e. The van der Waals surface area contributed by atoms with Gasteiger partial charge in [0, 0.05) is 18.9 Å². The lowest BCUT2D eigenvalue weighted by Crippen LogP contribution is -2.33. The van der Waals surface area contributed by atoms with Gasteiger partial charge in [-0.2, -0.15) is 0 Å². The zero-order valence-corrected chi connectivity index (χ0v) is 12.9. The minimum absolute atomic E-state index is 0.107. The Morgan fingerprint density at radius 2 is 2.26 bits per heavy atom. The van der Waals surface area contributed by atoms with Crippen LogP contribution in [0.2, 0.25) is 0 Å². The van der Waals surface area contributed by atoms with E-state index in [1.54, 1.807) is 23.4 Å². The number of carbonyl (C=O) groups is 1. The highest BCUT2D eigenvalue weighted by molar-refractivity contribution is 5.78. The van der Waals surface area contributed by atoms with Crippen LogP contribution in [0.5, 0.6) is 0 Å². The van der Waals surface area contributed by atoms with Crippen LogP contribution in [0, 0.1) is 6.92 Å². The number of carbonyl (C=O) groups excluding carboxylic acids is 1. The monoisotopic (exact) mass is 313 g/mol. The smallest absolute Gasteiger partial charge is 0.248 e. The summed E-state index contributed by atoms with van der Waals surface area (Å²) in [6, 6.07) is 5.52. The zero-order valence-electron chi connectivity index (χ0n) is 12.9. The third-order valence-electron chi connectivity index (χ3n) is 3.88. The number of nitrogens with zero attached hydrogens (tertiary/aromatic N) is 4. The molecule has 3 heterocycles. The predicted molar refractivity (Wildman–Crippen MR) is 85.1 cm³/mol. The Kier molecular flexibility index (Phi) is 4.47. The molecule has 0 radical (unpaired) electrons. The van der Waals surface area contributed by atoms with Crippen molar-refractivity contribution in [3.63, 3.8) is 0 Å².